The second-order valence-electron chi connectivity index (χ2n) is 9.57. The summed E-state index contributed by atoms with van der Waals surface area (Å²) in [5.74, 6) is 2.51. The van der Waals surface area contributed by atoms with Crippen LogP contribution < -0.4 is 9.47 Å². The van der Waals surface area contributed by atoms with E-state index in [1.54, 1.807) is 18.0 Å². The van der Waals surface area contributed by atoms with E-state index in [1.807, 2.05) is 60.7 Å². The van der Waals surface area contributed by atoms with E-state index in [0.29, 0.717) is 23.0 Å². The molecule has 3 aromatic heterocycles. The molecule has 186 valence electrons. The van der Waals surface area contributed by atoms with Gasteiger partial charge in [0.15, 0.2) is 5.65 Å². The van der Waals surface area contributed by atoms with Crippen LogP contribution in [-0.4, -0.2) is 31.7 Å². The molecule has 7 nitrogen and oxygen atoms in total. The molecule has 0 radical (unpaired) electrons. The molecular weight excluding hydrogens is 486 g/mol. The van der Waals surface area contributed by atoms with Crippen LogP contribution in [0.5, 0.6) is 17.4 Å². The number of hydrogen-bond donors (Lipinski definition) is 0. The molecule has 1 aliphatic heterocycles. The van der Waals surface area contributed by atoms with E-state index in [0.717, 1.165) is 49.9 Å². The summed E-state index contributed by atoms with van der Waals surface area (Å²) in [5, 5.41) is 7.99. The third-order valence-corrected chi connectivity index (χ3v) is 7.37. The Kier molecular flexibility index (Phi) is 4.66. The molecule has 0 saturated heterocycles. The Balaban J connectivity index is 1.37. The van der Waals surface area contributed by atoms with Crippen molar-refractivity contribution in [2.45, 2.75) is 5.92 Å². The Labute approximate surface area is 223 Å². The van der Waals surface area contributed by atoms with Crippen molar-refractivity contribution >= 4 is 27.3 Å². The molecule has 4 heterocycles. The van der Waals surface area contributed by atoms with Crippen LogP contribution in [0.2, 0.25) is 0 Å². The first-order valence-electron chi connectivity index (χ1n) is 12.7. The number of benzene rings is 4. The van der Waals surface area contributed by atoms with Crippen LogP contribution in [0.25, 0.3) is 38.8 Å². The van der Waals surface area contributed by atoms with Gasteiger partial charge in [0.2, 0.25) is 11.7 Å². The van der Waals surface area contributed by atoms with Gasteiger partial charge in [-0.1, -0.05) is 72.8 Å². The minimum Gasteiger partial charge on any atom is -0.497 e. The number of aromatic nitrogens is 5. The summed E-state index contributed by atoms with van der Waals surface area (Å²) in [6, 6.07) is 32.7. The van der Waals surface area contributed by atoms with Crippen LogP contribution in [0.3, 0.4) is 0 Å². The number of para-hydroxylation sites is 1. The van der Waals surface area contributed by atoms with Gasteiger partial charge < -0.3 is 9.47 Å². The van der Waals surface area contributed by atoms with Crippen molar-refractivity contribution in [1.29, 1.82) is 0 Å². The standard InChI is InChI=1S/C32H21N5O2/c1-38-22-14-10-21(11-15-22)27-24-16-12-19-6-2-4-8-23(19)29(24)39-32-28(27)31-35-30(36-37(31)18-33-32)26-17-13-20-7-3-5-9-25(20)34-26/h2-18,27H,1H3/t27-/m1/s1. The highest BCUT2D eigenvalue weighted by molar-refractivity contribution is 5.91. The highest BCUT2D eigenvalue weighted by atomic mass is 16.5. The molecule has 39 heavy (non-hydrogen) atoms. The lowest BCUT2D eigenvalue weighted by Gasteiger charge is -2.28. The van der Waals surface area contributed by atoms with E-state index in [4.69, 9.17) is 29.5 Å². The second-order valence-corrected chi connectivity index (χ2v) is 9.57. The van der Waals surface area contributed by atoms with Crippen molar-refractivity contribution in [3.05, 3.63) is 120 Å². The molecule has 0 bridgehead atoms. The molecule has 0 N–H and O–H groups in total. The molecule has 0 unspecified atom stereocenters. The number of ether oxygens (including phenoxy) is 2. The van der Waals surface area contributed by atoms with Crippen LogP contribution >= 0.6 is 0 Å². The molecule has 1 aliphatic rings. The summed E-state index contributed by atoms with van der Waals surface area (Å²) in [4.78, 5) is 14.5. The van der Waals surface area contributed by atoms with Crippen LogP contribution in [0, 0.1) is 0 Å². The predicted molar refractivity (Wildman–Crippen MR) is 149 cm³/mol. The second kappa shape index (κ2) is 8.36. The number of fused-ring (bicyclic) bond motifs is 7. The van der Waals surface area contributed by atoms with E-state index in [-0.39, 0.29) is 5.92 Å². The van der Waals surface area contributed by atoms with Gasteiger partial charge >= 0.3 is 0 Å². The molecular formula is C32H21N5O2. The smallest absolute Gasteiger partial charge is 0.228 e. The molecule has 0 aliphatic carbocycles. The van der Waals surface area contributed by atoms with Gasteiger partial charge in [-0.2, -0.15) is 0 Å². The van der Waals surface area contributed by atoms with Crippen LogP contribution in [-0.2, 0) is 0 Å². The predicted octanol–water partition coefficient (Wildman–Crippen LogP) is 6.79. The number of methoxy groups -OCH3 is 1. The number of rotatable bonds is 3. The Bertz CT molecular complexity index is 2050. The Morgan fingerprint density at radius 3 is 2.46 bits per heavy atom. The minimum absolute atomic E-state index is 0.169. The number of nitrogens with zero attached hydrogens (tertiary/aromatic N) is 5. The largest absolute Gasteiger partial charge is 0.497 e. The van der Waals surface area contributed by atoms with Gasteiger partial charge in [-0.15, -0.1) is 5.10 Å². The lowest BCUT2D eigenvalue weighted by molar-refractivity contribution is 0.414. The van der Waals surface area contributed by atoms with E-state index < -0.39 is 0 Å². The fraction of sp³-hybridized carbons (Fsp3) is 0.0625. The van der Waals surface area contributed by atoms with Gasteiger partial charge in [0.25, 0.3) is 0 Å². The molecule has 7 heteroatoms. The summed E-state index contributed by atoms with van der Waals surface area (Å²) in [7, 11) is 1.67. The lowest BCUT2D eigenvalue weighted by atomic mass is 9.83. The van der Waals surface area contributed by atoms with Gasteiger partial charge in [0.1, 0.15) is 23.5 Å². The highest BCUT2D eigenvalue weighted by Crippen LogP contribution is 2.50. The SMILES string of the molecule is COc1ccc([C@@H]2c3ccc4ccccc4c3Oc3ncn4nc(-c5ccc6ccccc6n5)nc4c32)cc1. The topological polar surface area (TPSA) is 74.4 Å². The molecule has 0 saturated carbocycles. The van der Waals surface area contributed by atoms with Crippen molar-refractivity contribution < 1.29 is 9.47 Å². The molecule has 8 rings (SSSR count). The molecule has 0 fully saturated rings. The Morgan fingerprint density at radius 1 is 0.795 bits per heavy atom. The van der Waals surface area contributed by atoms with Gasteiger partial charge in [-0.3, -0.25) is 0 Å². The Morgan fingerprint density at radius 2 is 1.59 bits per heavy atom. The van der Waals surface area contributed by atoms with Crippen molar-refractivity contribution in [3.63, 3.8) is 0 Å². The summed E-state index contributed by atoms with van der Waals surface area (Å²) in [6.45, 7) is 0. The zero-order chi connectivity index (χ0) is 25.9. The zero-order valence-electron chi connectivity index (χ0n) is 20.9. The summed E-state index contributed by atoms with van der Waals surface area (Å²) in [6.07, 6.45) is 1.66. The molecule has 4 aromatic carbocycles. The molecule has 1 atom stereocenters. The fourth-order valence-electron chi connectivity index (χ4n) is 5.49. The highest BCUT2D eigenvalue weighted by Gasteiger charge is 2.34. The first-order valence-corrected chi connectivity index (χ1v) is 12.7. The first-order chi connectivity index (χ1) is 19.3. The zero-order valence-corrected chi connectivity index (χ0v) is 20.9. The van der Waals surface area contributed by atoms with E-state index >= 15 is 0 Å². The first kappa shape index (κ1) is 21.8. The average Bonchev–Trinajstić information content (AvgIpc) is 3.44. The summed E-state index contributed by atoms with van der Waals surface area (Å²) in [5.41, 5.74) is 5.29. The lowest BCUT2D eigenvalue weighted by Crippen LogP contribution is -2.15. The van der Waals surface area contributed by atoms with Crippen LogP contribution in [0.1, 0.15) is 22.6 Å². The summed E-state index contributed by atoms with van der Waals surface area (Å²) >= 11 is 0. The quantitative estimate of drug-likeness (QED) is 0.262. The van der Waals surface area contributed by atoms with E-state index in [2.05, 4.69) is 36.4 Å². The maximum atomic E-state index is 6.54. The summed E-state index contributed by atoms with van der Waals surface area (Å²) < 4.78 is 13.7. The van der Waals surface area contributed by atoms with E-state index in [1.165, 1.54) is 0 Å². The normalized spacial score (nSPS) is 14.2. The van der Waals surface area contributed by atoms with Crippen LogP contribution in [0.4, 0.5) is 0 Å². The molecule has 0 amide bonds. The number of pyridine rings is 1. The fourth-order valence-corrected chi connectivity index (χ4v) is 5.49. The maximum absolute atomic E-state index is 6.54. The van der Waals surface area contributed by atoms with Gasteiger partial charge in [0.05, 0.1) is 18.2 Å². The van der Waals surface area contributed by atoms with Crippen LogP contribution in [0.15, 0.2) is 103 Å². The minimum atomic E-state index is -0.169. The van der Waals surface area contributed by atoms with E-state index in [9.17, 15) is 0 Å². The van der Waals surface area contributed by atoms with Crippen molar-refractivity contribution in [1.82, 2.24) is 24.6 Å². The van der Waals surface area contributed by atoms with Crippen molar-refractivity contribution in [3.8, 4) is 28.9 Å². The molecule has 7 aromatic rings. The van der Waals surface area contributed by atoms with Gasteiger partial charge in [-0.05, 0) is 35.2 Å². The van der Waals surface area contributed by atoms with Crippen molar-refractivity contribution in [2.24, 2.45) is 0 Å². The third kappa shape index (κ3) is 3.37. The van der Waals surface area contributed by atoms with Crippen molar-refractivity contribution in [2.75, 3.05) is 7.11 Å². The number of hydrogen-bond acceptors (Lipinski definition) is 6. The average molecular weight is 508 g/mol. The Hall–Kier alpha value is -5.30. The maximum Gasteiger partial charge on any atom is 0.228 e. The van der Waals surface area contributed by atoms with Gasteiger partial charge in [0, 0.05) is 22.3 Å². The van der Waals surface area contributed by atoms with Gasteiger partial charge in [-0.25, -0.2) is 19.5 Å². The third-order valence-electron chi connectivity index (χ3n) is 7.37. The molecule has 0 spiro atoms. The monoisotopic (exact) mass is 507 g/mol.